The number of furan rings is 1. The van der Waals surface area contributed by atoms with Gasteiger partial charge in [-0.3, -0.25) is 9.13 Å². The molecule has 54 heavy (non-hydrogen) atoms. The van der Waals surface area contributed by atoms with E-state index < -0.39 is 0 Å². The van der Waals surface area contributed by atoms with Crippen molar-refractivity contribution in [3.05, 3.63) is 164 Å². The Labute approximate surface area is 313 Å². The Balaban J connectivity index is 1.16. The molecule has 1 aliphatic heterocycles. The van der Waals surface area contributed by atoms with Crippen molar-refractivity contribution in [3.63, 3.8) is 0 Å². The Kier molecular flexibility index (Phi) is 6.18. The maximum Gasteiger partial charge on any atom is 0.165 e. The van der Waals surface area contributed by atoms with Crippen LogP contribution in [0.4, 0.5) is 0 Å². The molecule has 0 bridgehead atoms. The van der Waals surface area contributed by atoms with Gasteiger partial charge in [-0.05, 0) is 48.5 Å². The lowest BCUT2D eigenvalue weighted by molar-refractivity contribution is 0.669. The van der Waals surface area contributed by atoms with Crippen LogP contribution < -0.4 is 0 Å². The van der Waals surface area contributed by atoms with Crippen LogP contribution in [0.5, 0.6) is 0 Å². The van der Waals surface area contributed by atoms with Crippen LogP contribution in [0.2, 0.25) is 0 Å². The third-order valence-corrected chi connectivity index (χ3v) is 11.7. The third-order valence-electron chi connectivity index (χ3n) is 10.6. The van der Waals surface area contributed by atoms with Crippen LogP contribution in [0.15, 0.2) is 178 Å². The van der Waals surface area contributed by atoms with Crippen molar-refractivity contribution in [2.24, 2.45) is 0 Å². The SMILES string of the molecule is c1ccc(-c2nc(-c3cccc4c3Sc3cccc5c6c7ccccc7n(-c7ccccc7)c6n-4c35)nc(-c3cccc4oc5ccccc5c34)n2)cc1. The normalized spacial score (nSPS) is 12.4. The van der Waals surface area contributed by atoms with Crippen LogP contribution in [0.3, 0.4) is 0 Å². The fourth-order valence-corrected chi connectivity index (χ4v) is 9.51. The monoisotopic (exact) mass is 709 g/mol. The molecule has 6 nitrogen and oxygen atoms in total. The first-order valence-corrected chi connectivity index (χ1v) is 18.8. The Hall–Kier alpha value is -6.96. The van der Waals surface area contributed by atoms with Gasteiger partial charge >= 0.3 is 0 Å². The summed E-state index contributed by atoms with van der Waals surface area (Å²) in [5.41, 5.74) is 10.2. The van der Waals surface area contributed by atoms with E-state index in [4.69, 9.17) is 19.4 Å². The number of benzene rings is 7. The molecule has 0 saturated heterocycles. The van der Waals surface area contributed by atoms with Gasteiger partial charge in [-0.1, -0.05) is 127 Å². The lowest BCUT2D eigenvalue weighted by Crippen LogP contribution is -2.07. The van der Waals surface area contributed by atoms with Crippen LogP contribution in [-0.4, -0.2) is 24.1 Å². The van der Waals surface area contributed by atoms with Crippen molar-refractivity contribution < 1.29 is 4.42 Å². The van der Waals surface area contributed by atoms with Crippen molar-refractivity contribution in [3.8, 4) is 45.5 Å². The van der Waals surface area contributed by atoms with Gasteiger partial charge in [0.2, 0.25) is 0 Å². The van der Waals surface area contributed by atoms with Gasteiger partial charge in [-0.15, -0.1) is 0 Å². The number of aromatic nitrogens is 5. The highest BCUT2D eigenvalue weighted by Crippen LogP contribution is 2.51. The van der Waals surface area contributed by atoms with E-state index in [0.29, 0.717) is 17.5 Å². The van der Waals surface area contributed by atoms with Gasteiger partial charge in [-0.2, -0.15) is 0 Å². The van der Waals surface area contributed by atoms with E-state index in [1.807, 2.05) is 48.5 Å². The first-order valence-electron chi connectivity index (χ1n) is 18.0. The molecule has 11 aromatic rings. The van der Waals surface area contributed by atoms with Gasteiger partial charge in [0.15, 0.2) is 17.5 Å². The lowest BCUT2D eigenvalue weighted by atomic mass is 10.1. The molecule has 0 spiro atoms. The highest BCUT2D eigenvalue weighted by molar-refractivity contribution is 8.00. The molecule has 252 valence electrons. The molecule has 0 N–H and O–H groups in total. The largest absolute Gasteiger partial charge is 0.456 e. The number of hydrogen-bond acceptors (Lipinski definition) is 5. The Bertz CT molecular complexity index is 3310. The zero-order valence-corrected chi connectivity index (χ0v) is 29.5. The fraction of sp³-hybridized carbons (Fsp3) is 0. The first-order chi connectivity index (χ1) is 26.8. The molecule has 4 aromatic heterocycles. The van der Waals surface area contributed by atoms with Crippen molar-refractivity contribution >= 4 is 66.5 Å². The van der Waals surface area contributed by atoms with Gasteiger partial charge in [-0.25, -0.2) is 15.0 Å². The van der Waals surface area contributed by atoms with E-state index >= 15 is 0 Å². The Morgan fingerprint density at radius 2 is 1.11 bits per heavy atom. The van der Waals surface area contributed by atoms with Crippen LogP contribution in [0.1, 0.15) is 0 Å². The second-order valence-electron chi connectivity index (χ2n) is 13.6. The van der Waals surface area contributed by atoms with E-state index in [1.54, 1.807) is 11.8 Å². The molecule has 12 rings (SSSR count). The minimum atomic E-state index is 0.602. The number of para-hydroxylation sites is 4. The molecule has 0 aliphatic carbocycles. The van der Waals surface area contributed by atoms with Crippen molar-refractivity contribution in [1.29, 1.82) is 0 Å². The zero-order valence-electron chi connectivity index (χ0n) is 28.6. The maximum absolute atomic E-state index is 6.29. The minimum Gasteiger partial charge on any atom is -0.456 e. The van der Waals surface area contributed by atoms with Gasteiger partial charge < -0.3 is 4.42 Å². The summed E-state index contributed by atoms with van der Waals surface area (Å²) in [7, 11) is 0. The molecule has 0 saturated carbocycles. The van der Waals surface area contributed by atoms with Gasteiger partial charge in [0.25, 0.3) is 0 Å². The van der Waals surface area contributed by atoms with Gasteiger partial charge in [0.1, 0.15) is 16.8 Å². The molecule has 1 aliphatic rings. The first kappa shape index (κ1) is 29.6. The standard InChI is InChI=1S/C47H27N5OS/c1-3-14-28(15-4-1)44-48-45(33-21-12-26-38-40(33)31-19-8-10-25-37(31)53-38)50-46(49-44)34-22-11-24-36-43(34)54-39-27-13-20-32-41-30-18-7-9-23-35(30)51(29-16-5-2-6-17-29)47(41)52(36)42(32)39/h1-27H. The Morgan fingerprint density at radius 3 is 1.98 bits per heavy atom. The summed E-state index contributed by atoms with van der Waals surface area (Å²) in [4.78, 5) is 18.0. The van der Waals surface area contributed by atoms with E-state index in [-0.39, 0.29) is 0 Å². The molecule has 7 aromatic carbocycles. The molecule has 0 radical (unpaired) electrons. The van der Waals surface area contributed by atoms with Crippen LogP contribution in [0, 0.1) is 0 Å². The third kappa shape index (κ3) is 4.15. The number of nitrogens with zero attached hydrogens (tertiary/aromatic N) is 5. The molecule has 7 heteroatoms. The average molecular weight is 710 g/mol. The molecule has 0 unspecified atom stereocenters. The van der Waals surface area contributed by atoms with Crippen molar-refractivity contribution in [2.45, 2.75) is 9.79 Å². The average Bonchev–Trinajstić information content (AvgIpc) is 3.90. The van der Waals surface area contributed by atoms with Crippen LogP contribution in [0.25, 0.3) is 100 Å². The summed E-state index contributed by atoms with van der Waals surface area (Å²) < 4.78 is 11.2. The van der Waals surface area contributed by atoms with Crippen LogP contribution in [-0.2, 0) is 0 Å². The molecule has 0 fully saturated rings. The summed E-state index contributed by atoms with van der Waals surface area (Å²) in [6.07, 6.45) is 0. The summed E-state index contributed by atoms with van der Waals surface area (Å²) in [5, 5.41) is 5.75. The molecular formula is C47H27N5OS. The van der Waals surface area contributed by atoms with E-state index in [0.717, 1.165) is 60.5 Å². The smallest absolute Gasteiger partial charge is 0.165 e. The molecule has 5 heterocycles. The van der Waals surface area contributed by atoms with Crippen molar-refractivity contribution in [2.75, 3.05) is 0 Å². The van der Waals surface area contributed by atoms with E-state index in [9.17, 15) is 0 Å². The topological polar surface area (TPSA) is 61.7 Å². The summed E-state index contributed by atoms with van der Waals surface area (Å²) in [6.45, 7) is 0. The highest BCUT2D eigenvalue weighted by atomic mass is 32.2. The second kappa shape index (κ2) is 11.3. The minimum absolute atomic E-state index is 0.602. The Morgan fingerprint density at radius 1 is 0.463 bits per heavy atom. The van der Waals surface area contributed by atoms with Crippen LogP contribution >= 0.6 is 11.8 Å². The second-order valence-corrected chi connectivity index (χ2v) is 14.6. The quantitative estimate of drug-likeness (QED) is 0.182. The summed E-state index contributed by atoms with van der Waals surface area (Å²) >= 11 is 1.79. The fourth-order valence-electron chi connectivity index (χ4n) is 8.31. The maximum atomic E-state index is 6.29. The zero-order chi connectivity index (χ0) is 35.3. The summed E-state index contributed by atoms with van der Waals surface area (Å²) in [6, 6.07) is 57.0. The number of rotatable bonds is 4. The molecule has 0 amide bonds. The molecular weight excluding hydrogens is 683 g/mol. The van der Waals surface area contributed by atoms with E-state index in [2.05, 4.69) is 124 Å². The molecule has 0 atom stereocenters. The van der Waals surface area contributed by atoms with Gasteiger partial charge in [0, 0.05) is 59.1 Å². The van der Waals surface area contributed by atoms with E-state index in [1.165, 1.54) is 32.1 Å². The number of hydrogen-bond donors (Lipinski definition) is 0. The highest BCUT2D eigenvalue weighted by Gasteiger charge is 2.30. The summed E-state index contributed by atoms with van der Waals surface area (Å²) in [5.74, 6) is 1.84. The predicted octanol–water partition coefficient (Wildman–Crippen LogP) is 12.3. The van der Waals surface area contributed by atoms with Gasteiger partial charge in [0.05, 0.1) is 16.7 Å². The lowest BCUT2D eigenvalue weighted by Gasteiger charge is -2.23. The van der Waals surface area contributed by atoms with Crippen molar-refractivity contribution in [1.82, 2.24) is 24.1 Å². The number of fused-ring (bicyclic) bond motifs is 10. The predicted molar refractivity (Wildman–Crippen MR) is 219 cm³/mol.